The van der Waals surface area contributed by atoms with Gasteiger partial charge in [-0.15, -0.1) is 0 Å². The standard InChI is InChI=1S/C10H8N6O4/c11-9-8(14-20-15-9)10(17)13-12-5-6-3-1-2-4-7(6)16(18)19/h1-5H,(H2,11,15)(H,13,17)/b12-5+. The highest BCUT2D eigenvalue weighted by Gasteiger charge is 2.15. The molecule has 0 spiro atoms. The molecule has 0 atom stereocenters. The highest BCUT2D eigenvalue weighted by molar-refractivity contribution is 5.96. The smallest absolute Gasteiger partial charge is 0.297 e. The van der Waals surface area contributed by atoms with Crippen LogP contribution in [0.4, 0.5) is 11.5 Å². The maximum absolute atomic E-state index is 11.5. The fourth-order valence-electron chi connectivity index (χ4n) is 1.33. The SMILES string of the molecule is Nc1nonc1C(=O)N/N=C/c1ccccc1[N+](=O)[O-]. The summed E-state index contributed by atoms with van der Waals surface area (Å²) in [7, 11) is 0. The van der Waals surface area contributed by atoms with Crippen molar-refractivity contribution in [3.63, 3.8) is 0 Å². The van der Waals surface area contributed by atoms with Gasteiger partial charge in [0.25, 0.3) is 11.6 Å². The van der Waals surface area contributed by atoms with Crippen LogP contribution in [-0.4, -0.2) is 27.4 Å². The van der Waals surface area contributed by atoms with E-state index in [1.165, 1.54) is 18.2 Å². The van der Waals surface area contributed by atoms with Crippen LogP contribution in [0.5, 0.6) is 0 Å². The minimum atomic E-state index is -0.737. The fourth-order valence-corrected chi connectivity index (χ4v) is 1.33. The van der Waals surface area contributed by atoms with E-state index >= 15 is 0 Å². The second-order valence-electron chi connectivity index (χ2n) is 3.51. The van der Waals surface area contributed by atoms with Gasteiger partial charge in [-0.25, -0.2) is 10.1 Å². The molecule has 0 aliphatic rings. The maximum atomic E-state index is 11.5. The van der Waals surface area contributed by atoms with Crippen molar-refractivity contribution in [1.82, 2.24) is 15.7 Å². The first kappa shape index (κ1) is 13.1. The molecule has 0 aliphatic heterocycles. The molecule has 0 aliphatic carbocycles. The zero-order valence-electron chi connectivity index (χ0n) is 9.89. The number of carbonyl (C=O) groups is 1. The third-order valence-corrected chi connectivity index (χ3v) is 2.23. The third-order valence-electron chi connectivity index (χ3n) is 2.23. The first-order valence-corrected chi connectivity index (χ1v) is 5.24. The Morgan fingerprint density at radius 2 is 2.20 bits per heavy atom. The number of nitrogens with two attached hydrogens (primary N) is 1. The number of carbonyl (C=O) groups excluding carboxylic acids is 1. The number of hydrogen-bond donors (Lipinski definition) is 2. The van der Waals surface area contributed by atoms with E-state index in [2.05, 4.69) is 25.5 Å². The van der Waals surface area contributed by atoms with Crippen molar-refractivity contribution < 1.29 is 14.3 Å². The Hall–Kier alpha value is -3.30. The second-order valence-corrected chi connectivity index (χ2v) is 3.51. The van der Waals surface area contributed by atoms with Gasteiger partial charge in [-0.05, 0) is 16.4 Å². The molecule has 1 amide bonds. The highest BCUT2D eigenvalue weighted by atomic mass is 16.6. The van der Waals surface area contributed by atoms with E-state index in [0.29, 0.717) is 0 Å². The maximum Gasteiger partial charge on any atom is 0.297 e. The number of nitrogen functional groups attached to an aromatic ring is 1. The Bertz CT molecular complexity index is 680. The van der Waals surface area contributed by atoms with Crippen molar-refractivity contribution in [3.8, 4) is 0 Å². The van der Waals surface area contributed by atoms with E-state index in [1.54, 1.807) is 6.07 Å². The summed E-state index contributed by atoms with van der Waals surface area (Å²) in [6.45, 7) is 0. The van der Waals surface area contributed by atoms with Crippen molar-refractivity contribution in [3.05, 3.63) is 45.6 Å². The normalized spacial score (nSPS) is 10.6. The molecule has 1 aromatic carbocycles. The molecular formula is C10H8N6O4. The highest BCUT2D eigenvalue weighted by Crippen LogP contribution is 2.15. The van der Waals surface area contributed by atoms with E-state index in [1.807, 2.05) is 0 Å². The van der Waals surface area contributed by atoms with Crippen LogP contribution >= 0.6 is 0 Å². The summed E-state index contributed by atoms with van der Waals surface area (Å²) < 4.78 is 4.25. The van der Waals surface area contributed by atoms with Crippen LogP contribution in [0.2, 0.25) is 0 Å². The largest absolute Gasteiger partial charge is 0.379 e. The van der Waals surface area contributed by atoms with Crippen molar-refractivity contribution in [1.29, 1.82) is 0 Å². The Morgan fingerprint density at radius 1 is 1.45 bits per heavy atom. The lowest BCUT2D eigenvalue weighted by Crippen LogP contribution is -2.19. The number of amides is 1. The monoisotopic (exact) mass is 276 g/mol. The van der Waals surface area contributed by atoms with Crippen LogP contribution in [0.25, 0.3) is 0 Å². The Kier molecular flexibility index (Phi) is 3.65. The molecule has 10 nitrogen and oxygen atoms in total. The zero-order valence-corrected chi connectivity index (χ0v) is 9.89. The minimum absolute atomic E-state index is 0.131. The molecule has 1 aromatic heterocycles. The molecule has 3 N–H and O–H groups in total. The van der Waals surface area contributed by atoms with Gasteiger partial charge >= 0.3 is 0 Å². The van der Waals surface area contributed by atoms with E-state index in [4.69, 9.17) is 5.73 Å². The molecule has 0 fully saturated rings. The average Bonchev–Trinajstić information content (AvgIpc) is 2.85. The number of nitrogens with zero attached hydrogens (tertiary/aromatic N) is 4. The summed E-state index contributed by atoms with van der Waals surface area (Å²) in [5.41, 5.74) is 7.32. The molecule has 2 rings (SSSR count). The average molecular weight is 276 g/mol. The van der Waals surface area contributed by atoms with Gasteiger partial charge in [0.05, 0.1) is 16.7 Å². The van der Waals surface area contributed by atoms with Gasteiger partial charge in [-0.1, -0.05) is 12.1 Å². The molecule has 0 saturated heterocycles. The van der Waals surface area contributed by atoms with Gasteiger partial charge < -0.3 is 5.73 Å². The number of benzene rings is 1. The van der Waals surface area contributed by atoms with Crippen LogP contribution in [-0.2, 0) is 0 Å². The zero-order chi connectivity index (χ0) is 14.5. The van der Waals surface area contributed by atoms with E-state index in [9.17, 15) is 14.9 Å². The molecular weight excluding hydrogens is 268 g/mol. The van der Waals surface area contributed by atoms with E-state index in [0.717, 1.165) is 6.21 Å². The Labute approximate surface area is 111 Å². The molecule has 102 valence electrons. The number of anilines is 1. The van der Waals surface area contributed by atoms with E-state index in [-0.39, 0.29) is 22.8 Å². The molecule has 1 heterocycles. The van der Waals surface area contributed by atoms with Crippen molar-refractivity contribution in [2.24, 2.45) is 5.10 Å². The van der Waals surface area contributed by atoms with Crippen LogP contribution in [0.1, 0.15) is 16.1 Å². The predicted molar refractivity (Wildman–Crippen MR) is 66.9 cm³/mol. The van der Waals surface area contributed by atoms with Gasteiger partial charge in [0.15, 0.2) is 0 Å². The molecule has 0 radical (unpaired) electrons. The quantitative estimate of drug-likeness (QED) is 0.463. The van der Waals surface area contributed by atoms with Gasteiger partial charge in [0.1, 0.15) is 0 Å². The number of rotatable bonds is 4. The fraction of sp³-hybridized carbons (Fsp3) is 0. The van der Waals surface area contributed by atoms with Crippen LogP contribution in [0.15, 0.2) is 34.0 Å². The summed E-state index contributed by atoms with van der Waals surface area (Å²) in [5.74, 6) is -0.915. The molecule has 20 heavy (non-hydrogen) atoms. The topological polar surface area (TPSA) is 150 Å². The van der Waals surface area contributed by atoms with Gasteiger partial charge in [0.2, 0.25) is 11.5 Å². The Balaban J connectivity index is 2.10. The van der Waals surface area contributed by atoms with Gasteiger partial charge in [-0.2, -0.15) is 5.10 Å². The number of nitro groups is 1. The van der Waals surface area contributed by atoms with Crippen molar-refractivity contribution >= 4 is 23.6 Å². The minimum Gasteiger partial charge on any atom is -0.379 e. The number of nitrogens with one attached hydrogen (secondary N) is 1. The lowest BCUT2D eigenvalue weighted by atomic mass is 10.2. The molecule has 10 heteroatoms. The Morgan fingerprint density at radius 3 is 2.85 bits per heavy atom. The predicted octanol–water partition coefficient (Wildman–Crippen LogP) is 0.324. The van der Waals surface area contributed by atoms with Gasteiger partial charge in [-0.3, -0.25) is 14.9 Å². The van der Waals surface area contributed by atoms with Gasteiger partial charge in [0, 0.05) is 6.07 Å². The summed E-state index contributed by atoms with van der Waals surface area (Å²) >= 11 is 0. The second kappa shape index (κ2) is 5.56. The van der Waals surface area contributed by atoms with Crippen LogP contribution < -0.4 is 11.2 Å². The summed E-state index contributed by atoms with van der Waals surface area (Å²) in [4.78, 5) is 21.7. The van der Waals surface area contributed by atoms with E-state index < -0.39 is 10.8 Å². The van der Waals surface area contributed by atoms with Crippen molar-refractivity contribution in [2.45, 2.75) is 0 Å². The third kappa shape index (κ3) is 2.75. The number of aromatic nitrogens is 2. The molecule has 0 bridgehead atoms. The van der Waals surface area contributed by atoms with Crippen LogP contribution in [0.3, 0.4) is 0 Å². The number of hydrogen-bond acceptors (Lipinski definition) is 8. The summed E-state index contributed by atoms with van der Waals surface area (Å²) in [6.07, 6.45) is 1.14. The van der Waals surface area contributed by atoms with Crippen LogP contribution in [0, 0.1) is 10.1 Å². The first-order chi connectivity index (χ1) is 9.59. The molecule has 0 saturated carbocycles. The lowest BCUT2D eigenvalue weighted by Gasteiger charge is -1.97. The number of nitro benzene ring substituents is 1. The van der Waals surface area contributed by atoms with Crippen molar-refractivity contribution in [2.75, 3.05) is 5.73 Å². The lowest BCUT2D eigenvalue weighted by molar-refractivity contribution is -0.385. The summed E-state index contributed by atoms with van der Waals surface area (Å²) in [5, 5.41) is 20.9. The number of para-hydroxylation sites is 1. The molecule has 2 aromatic rings. The number of hydrazone groups is 1. The summed E-state index contributed by atoms with van der Waals surface area (Å²) in [6, 6.07) is 5.94. The first-order valence-electron chi connectivity index (χ1n) is 5.24. The molecule has 0 unspecified atom stereocenters.